The summed E-state index contributed by atoms with van der Waals surface area (Å²) < 4.78 is 80.0. The third kappa shape index (κ3) is 3.96. The number of esters is 1. The predicted molar refractivity (Wildman–Crippen MR) is 84.7 cm³/mol. The van der Waals surface area contributed by atoms with Crippen molar-refractivity contribution in [3.8, 4) is 0 Å². The number of para-hydroxylation sites is 1. The van der Waals surface area contributed by atoms with Crippen molar-refractivity contribution in [2.45, 2.75) is 16.9 Å². The molecule has 0 fully saturated rings. The average molecular weight is 391 g/mol. The van der Waals surface area contributed by atoms with Crippen molar-refractivity contribution in [2.75, 3.05) is 12.4 Å². The Morgan fingerprint density at radius 1 is 1.15 bits per heavy atom. The summed E-state index contributed by atoms with van der Waals surface area (Å²) in [6.07, 6.45) is 0. The minimum atomic E-state index is -5.58. The summed E-state index contributed by atoms with van der Waals surface area (Å²) in [5.74, 6) is -1.44. The predicted octanol–water partition coefficient (Wildman–Crippen LogP) is 3.52. The van der Waals surface area contributed by atoms with Gasteiger partial charge in [0, 0.05) is 12.1 Å². The zero-order valence-electron chi connectivity index (χ0n) is 13.3. The molecule has 0 unspecified atom stereocenters. The first-order chi connectivity index (χ1) is 12.1. The number of rotatable bonds is 5. The lowest BCUT2D eigenvalue weighted by Gasteiger charge is -2.14. The van der Waals surface area contributed by atoms with E-state index in [0.29, 0.717) is 0 Å². The number of benzene rings is 2. The molecule has 0 saturated heterocycles. The molecule has 0 radical (unpaired) electrons. The molecule has 0 heterocycles. The number of hydrogen-bond acceptors (Lipinski definition) is 5. The molecule has 0 aliphatic carbocycles. The topological polar surface area (TPSA) is 72.5 Å². The third-order valence-electron chi connectivity index (χ3n) is 3.42. The van der Waals surface area contributed by atoms with Crippen molar-refractivity contribution in [2.24, 2.45) is 0 Å². The van der Waals surface area contributed by atoms with Crippen LogP contribution in [0.25, 0.3) is 0 Å². The van der Waals surface area contributed by atoms with Gasteiger partial charge in [-0.15, -0.1) is 0 Å². The van der Waals surface area contributed by atoms with Crippen LogP contribution in [0, 0.1) is 5.82 Å². The Kier molecular flexibility index (Phi) is 5.55. The van der Waals surface area contributed by atoms with E-state index in [0.717, 1.165) is 37.4 Å². The monoisotopic (exact) mass is 391 g/mol. The molecule has 2 rings (SSSR count). The number of carbonyl (C=O) groups excluding carboxylic acids is 1. The minimum Gasteiger partial charge on any atom is -0.465 e. The Bertz CT molecular complexity index is 926. The van der Waals surface area contributed by atoms with E-state index in [-0.39, 0.29) is 23.4 Å². The highest BCUT2D eigenvalue weighted by atomic mass is 32.2. The molecule has 1 N–H and O–H groups in total. The highest BCUT2D eigenvalue weighted by molar-refractivity contribution is 7.92. The van der Waals surface area contributed by atoms with Crippen molar-refractivity contribution in [1.82, 2.24) is 0 Å². The van der Waals surface area contributed by atoms with Gasteiger partial charge in [-0.25, -0.2) is 17.6 Å². The van der Waals surface area contributed by atoms with E-state index in [1.54, 1.807) is 0 Å². The van der Waals surface area contributed by atoms with Gasteiger partial charge >= 0.3 is 11.5 Å². The maximum absolute atomic E-state index is 13.9. The number of carbonyl (C=O) groups is 1. The molecular weight excluding hydrogens is 378 g/mol. The Labute approximate surface area is 146 Å². The molecule has 2 aromatic carbocycles. The molecule has 0 atom stereocenters. The van der Waals surface area contributed by atoms with E-state index in [2.05, 4.69) is 10.1 Å². The Hall–Kier alpha value is -2.62. The summed E-state index contributed by atoms with van der Waals surface area (Å²) >= 11 is 0. The molecule has 5 nitrogen and oxygen atoms in total. The normalized spacial score (nSPS) is 11.9. The van der Waals surface area contributed by atoms with Gasteiger partial charge in [0.2, 0.25) is 0 Å². The minimum absolute atomic E-state index is 0.0434. The van der Waals surface area contributed by atoms with Crippen LogP contribution in [0.2, 0.25) is 0 Å². The highest BCUT2D eigenvalue weighted by Crippen LogP contribution is 2.34. The summed E-state index contributed by atoms with van der Waals surface area (Å²) in [7, 11) is -4.44. The zero-order valence-corrected chi connectivity index (χ0v) is 14.1. The van der Waals surface area contributed by atoms with Gasteiger partial charge in [0.05, 0.1) is 23.3 Å². The van der Waals surface area contributed by atoms with Gasteiger partial charge in [0.25, 0.3) is 9.84 Å². The Morgan fingerprint density at radius 3 is 2.42 bits per heavy atom. The second-order valence-corrected chi connectivity index (χ2v) is 7.01. The number of hydrogen-bond donors (Lipinski definition) is 1. The first-order valence-electron chi connectivity index (χ1n) is 7.09. The summed E-state index contributed by atoms with van der Waals surface area (Å²) in [6, 6.07) is 7.75. The average Bonchev–Trinajstić information content (AvgIpc) is 2.59. The van der Waals surface area contributed by atoms with Crippen molar-refractivity contribution in [3.05, 3.63) is 59.4 Å². The van der Waals surface area contributed by atoms with Crippen molar-refractivity contribution in [1.29, 1.82) is 0 Å². The van der Waals surface area contributed by atoms with E-state index >= 15 is 0 Å². The fourth-order valence-electron chi connectivity index (χ4n) is 2.12. The molecule has 0 amide bonds. The molecule has 26 heavy (non-hydrogen) atoms. The van der Waals surface area contributed by atoms with E-state index in [1.807, 2.05) is 0 Å². The standard InChI is InChI=1S/C16H13F4NO4S/c1-25-15(22)10-6-7-12(17)11(8-10)9-21-13-4-2-3-5-14(13)26(23,24)16(18,19)20/h2-8,21H,9H2,1H3. The van der Waals surface area contributed by atoms with E-state index in [1.165, 1.54) is 12.1 Å². The molecule has 0 aliphatic heterocycles. The number of anilines is 1. The highest BCUT2D eigenvalue weighted by Gasteiger charge is 2.47. The number of ether oxygens (including phenoxy) is 1. The summed E-state index contributed by atoms with van der Waals surface area (Å²) in [6.45, 7) is -0.346. The van der Waals surface area contributed by atoms with Crippen LogP contribution >= 0.6 is 0 Å². The van der Waals surface area contributed by atoms with Crippen LogP contribution in [-0.4, -0.2) is 27.0 Å². The van der Waals surface area contributed by atoms with Gasteiger partial charge < -0.3 is 10.1 Å². The molecular formula is C16H13F4NO4S. The summed E-state index contributed by atoms with van der Waals surface area (Å²) in [5, 5.41) is 2.46. The first-order valence-corrected chi connectivity index (χ1v) is 8.57. The molecule has 140 valence electrons. The Balaban J connectivity index is 2.34. The molecule has 2 aromatic rings. The number of sulfone groups is 1. The quantitative estimate of drug-likeness (QED) is 0.624. The van der Waals surface area contributed by atoms with E-state index in [9.17, 15) is 30.8 Å². The summed E-state index contributed by atoms with van der Waals surface area (Å²) in [5.41, 5.74) is -5.82. The van der Waals surface area contributed by atoms with Gasteiger partial charge in [0.1, 0.15) is 5.82 Å². The second kappa shape index (κ2) is 7.32. The van der Waals surface area contributed by atoms with E-state index < -0.39 is 32.0 Å². The fraction of sp³-hybridized carbons (Fsp3) is 0.188. The van der Waals surface area contributed by atoms with Gasteiger partial charge in [0.15, 0.2) is 0 Å². The van der Waals surface area contributed by atoms with Crippen molar-refractivity contribution < 1.29 is 35.5 Å². The second-order valence-electron chi connectivity index (χ2n) is 5.10. The number of alkyl halides is 3. The molecule has 0 aromatic heterocycles. The Morgan fingerprint density at radius 2 is 1.81 bits per heavy atom. The van der Waals surface area contributed by atoms with Gasteiger partial charge in [-0.2, -0.15) is 13.2 Å². The fourth-order valence-corrected chi connectivity index (χ4v) is 3.05. The van der Waals surface area contributed by atoms with Crippen LogP contribution < -0.4 is 5.32 Å². The maximum atomic E-state index is 13.9. The van der Waals surface area contributed by atoms with Crippen molar-refractivity contribution >= 4 is 21.5 Å². The van der Waals surface area contributed by atoms with Crippen molar-refractivity contribution in [3.63, 3.8) is 0 Å². The lowest BCUT2D eigenvalue weighted by Crippen LogP contribution is -2.24. The SMILES string of the molecule is COC(=O)c1ccc(F)c(CNc2ccccc2S(=O)(=O)C(F)(F)F)c1. The maximum Gasteiger partial charge on any atom is 0.501 e. The molecule has 0 aliphatic rings. The van der Waals surface area contributed by atoms with Crippen LogP contribution in [0.4, 0.5) is 23.2 Å². The zero-order chi connectivity index (χ0) is 19.5. The van der Waals surface area contributed by atoms with Crippen LogP contribution in [0.3, 0.4) is 0 Å². The van der Waals surface area contributed by atoms with E-state index in [4.69, 9.17) is 0 Å². The van der Waals surface area contributed by atoms with Crippen LogP contribution in [0.15, 0.2) is 47.4 Å². The summed E-state index contributed by atoms with van der Waals surface area (Å²) in [4.78, 5) is 10.5. The van der Waals surface area contributed by atoms with Gasteiger partial charge in [-0.3, -0.25) is 0 Å². The van der Waals surface area contributed by atoms with Crippen LogP contribution in [0.5, 0.6) is 0 Å². The molecule has 10 heteroatoms. The van der Waals surface area contributed by atoms with Gasteiger partial charge in [-0.05, 0) is 30.3 Å². The molecule has 0 saturated carbocycles. The lowest BCUT2D eigenvalue weighted by molar-refractivity contribution is -0.0435. The smallest absolute Gasteiger partial charge is 0.465 e. The number of nitrogens with one attached hydrogen (secondary N) is 1. The molecule has 0 bridgehead atoms. The van der Waals surface area contributed by atoms with Crippen LogP contribution in [-0.2, 0) is 21.1 Å². The van der Waals surface area contributed by atoms with Gasteiger partial charge in [-0.1, -0.05) is 12.1 Å². The molecule has 0 spiro atoms. The van der Waals surface area contributed by atoms with Crippen LogP contribution in [0.1, 0.15) is 15.9 Å². The third-order valence-corrected chi connectivity index (χ3v) is 4.96. The lowest BCUT2D eigenvalue weighted by atomic mass is 10.1. The number of methoxy groups -OCH3 is 1. The first kappa shape index (κ1) is 19.7. The largest absolute Gasteiger partial charge is 0.501 e. The number of halogens is 4.